The molecule has 1 heteroatoms. The summed E-state index contributed by atoms with van der Waals surface area (Å²) >= 11 is 0. The highest BCUT2D eigenvalue weighted by atomic mass is 16.6. The lowest BCUT2D eigenvalue weighted by atomic mass is 9.89. The van der Waals surface area contributed by atoms with Gasteiger partial charge in [0.15, 0.2) is 0 Å². The zero-order valence-electron chi connectivity index (χ0n) is 18.0. The summed E-state index contributed by atoms with van der Waals surface area (Å²) in [6, 6.07) is 0. The van der Waals surface area contributed by atoms with Crippen LogP contribution in [-0.2, 0) is 4.74 Å². The van der Waals surface area contributed by atoms with Crippen molar-refractivity contribution in [2.24, 2.45) is 11.8 Å². The Balaban J connectivity index is 2.15. The predicted octanol–water partition coefficient (Wildman–Crippen LogP) is 8.31. The molecule has 1 heterocycles. The van der Waals surface area contributed by atoms with Gasteiger partial charge in [-0.15, -0.1) is 0 Å². The van der Waals surface area contributed by atoms with Gasteiger partial charge in [0.1, 0.15) is 0 Å². The van der Waals surface area contributed by atoms with Crippen molar-refractivity contribution in [1.29, 1.82) is 0 Å². The van der Waals surface area contributed by atoms with Gasteiger partial charge in [-0.2, -0.15) is 0 Å². The molecule has 1 fully saturated rings. The molecule has 0 bridgehead atoms. The summed E-state index contributed by atoms with van der Waals surface area (Å²) in [5.41, 5.74) is 0. The van der Waals surface area contributed by atoms with Crippen LogP contribution in [0.4, 0.5) is 0 Å². The summed E-state index contributed by atoms with van der Waals surface area (Å²) in [6.07, 6.45) is 23.6. The third-order valence-electron chi connectivity index (χ3n) is 6.23. The summed E-state index contributed by atoms with van der Waals surface area (Å²) in [5.74, 6) is 1.92. The lowest BCUT2D eigenvalue weighted by Gasteiger charge is -2.16. The van der Waals surface area contributed by atoms with Gasteiger partial charge in [-0.25, -0.2) is 0 Å². The minimum atomic E-state index is 0.614. The second-order valence-corrected chi connectivity index (χ2v) is 8.67. The highest BCUT2D eigenvalue weighted by Gasteiger charge is 2.38. The van der Waals surface area contributed by atoms with Crippen LogP contribution in [0.1, 0.15) is 130 Å². The van der Waals surface area contributed by atoms with Gasteiger partial charge in [-0.3, -0.25) is 0 Å². The smallest absolute Gasteiger partial charge is 0.0842 e. The van der Waals surface area contributed by atoms with Crippen molar-refractivity contribution in [3.8, 4) is 0 Å². The van der Waals surface area contributed by atoms with Crippen molar-refractivity contribution < 1.29 is 4.74 Å². The SMILES string of the molecule is CCCCCC(CCC)CCC1OC1CCC(CCC)CCCCC. The summed E-state index contributed by atoms with van der Waals surface area (Å²) in [5, 5.41) is 0. The molecule has 1 aliphatic rings. The Labute approximate surface area is 159 Å². The summed E-state index contributed by atoms with van der Waals surface area (Å²) < 4.78 is 6.03. The number of ether oxygens (including phenoxy) is 1. The van der Waals surface area contributed by atoms with Crippen LogP contribution >= 0.6 is 0 Å². The van der Waals surface area contributed by atoms with Gasteiger partial charge >= 0.3 is 0 Å². The Morgan fingerprint density at radius 1 is 0.520 bits per heavy atom. The molecule has 25 heavy (non-hydrogen) atoms. The monoisotopic (exact) mass is 352 g/mol. The standard InChI is InChI=1S/C24H48O/c1-5-9-11-15-21(13-7-3)17-19-23-24(25-23)20-18-22(14-8-4)16-12-10-6-2/h21-24H,5-20H2,1-4H3. The molecule has 150 valence electrons. The molecule has 0 aliphatic carbocycles. The van der Waals surface area contributed by atoms with E-state index < -0.39 is 0 Å². The minimum absolute atomic E-state index is 0.614. The third-order valence-corrected chi connectivity index (χ3v) is 6.23. The molecule has 1 nitrogen and oxygen atoms in total. The van der Waals surface area contributed by atoms with Crippen molar-refractivity contribution >= 4 is 0 Å². The average molecular weight is 353 g/mol. The third kappa shape index (κ3) is 11.3. The zero-order valence-corrected chi connectivity index (χ0v) is 18.0. The van der Waals surface area contributed by atoms with Crippen LogP contribution in [-0.4, -0.2) is 12.2 Å². The number of epoxide rings is 1. The Morgan fingerprint density at radius 2 is 0.960 bits per heavy atom. The lowest BCUT2D eigenvalue weighted by Crippen LogP contribution is -2.06. The molecular weight excluding hydrogens is 304 g/mol. The molecule has 0 aromatic rings. The van der Waals surface area contributed by atoms with E-state index >= 15 is 0 Å². The molecule has 0 aromatic carbocycles. The maximum absolute atomic E-state index is 6.03. The quantitative estimate of drug-likeness (QED) is 0.178. The van der Waals surface area contributed by atoms with Crippen LogP contribution in [0.25, 0.3) is 0 Å². The predicted molar refractivity (Wildman–Crippen MR) is 112 cm³/mol. The van der Waals surface area contributed by atoms with Gasteiger partial charge in [-0.05, 0) is 37.5 Å². The summed E-state index contributed by atoms with van der Waals surface area (Å²) in [4.78, 5) is 0. The second-order valence-electron chi connectivity index (χ2n) is 8.67. The molecule has 1 aliphatic heterocycles. The molecular formula is C24H48O. The van der Waals surface area contributed by atoms with Crippen LogP contribution in [0.15, 0.2) is 0 Å². The molecule has 0 aromatic heterocycles. The van der Waals surface area contributed by atoms with E-state index in [2.05, 4.69) is 27.7 Å². The van der Waals surface area contributed by atoms with Crippen LogP contribution in [0.2, 0.25) is 0 Å². The zero-order chi connectivity index (χ0) is 18.3. The first-order valence-electron chi connectivity index (χ1n) is 11.9. The lowest BCUT2D eigenvalue weighted by molar-refractivity contribution is 0.314. The first-order chi connectivity index (χ1) is 12.2. The highest BCUT2D eigenvalue weighted by molar-refractivity contribution is 4.86. The Kier molecular flexibility index (Phi) is 13.9. The molecule has 1 rings (SSSR count). The fourth-order valence-electron chi connectivity index (χ4n) is 4.54. The molecule has 0 amide bonds. The van der Waals surface area contributed by atoms with E-state index in [1.54, 1.807) is 0 Å². The van der Waals surface area contributed by atoms with Gasteiger partial charge in [0.2, 0.25) is 0 Å². The molecule has 0 saturated carbocycles. The largest absolute Gasteiger partial charge is 0.370 e. The van der Waals surface area contributed by atoms with Gasteiger partial charge in [0.25, 0.3) is 0 Å². The van der Waals surface area contributed by atoms with Gasteiger partial charge in [-0.1, -0.05) is 105 Å². The summed E-state index contributed by atoms with van der Waals surface area (Å²) in [7, 11) is 0. The number of rotatable bonds is 18. The Bertz CT molecular complexity index is 260. The van der Waals surface area contributed by atoms with E-state index in [1.807, 2.05) is 0 Å². The Hall–Kier alpha value is -0.0400. The number of hydrogen-bond acceptors (Lipinski definition) is 1. The van der Waals surface area contributed by atoms with Gasteiger partial charge in [0, 0.05) is 0 Å². The Morgan fingerprint density at radius 3 is 1.32 bits per heavy atom. The average Bonchev–Trinajstić information content (AvgIpc) is 3.36. The van der Waals surface area contributed by atoms with E-state index in [-0.39, 0.29) is 0 Å². The first kappa shape index (κ1) is 23.0. The van der Waals surface area contributed by atoms with E-state index in [0.717, 1.165) is 11.8 Å². The molecule has 0 radical (unpaired) electrons. The first-order valence-corrected chi connectivity index (χ1v) is 11.9. The van der Waals surface area contributed by atoms with E-state index in [4.69, 9.17) is 4.74 Å². The van der Waals surface area contributed by atoms with Crippen molar-refractivity contribution in [2.45, 2.75) is 143 Å². The fraction of sp³-hybridized carbons (Fsp3) is 1.00. The van der Waals surface area contributed by atoms with Crippen LogP contribution < -0.4 is 0 Å². The maximum atomic E-state index is 6.03. The summed E-state index contributed by atoms with van der Waals surface area (Å²) in [6.45, 7) is 9.31. The second kappa shape index (κ2) is 15.1. The van der Waals surface area contributed by atoms with Crippen LogP contribution in [0.3, 0.4) is 0 Å². The van der Waals surface area contributed by atoms with E-state index in [9.17, 15) is 0 Å². The molecule has 4 unspecified atom stereocenters. The minimum Gasteiger partial charge on any atom is -0.370 e. The number of hydrogen-bond donors (Lipinski definition) is 0. The number of unbranched alkanes of at least 4 members (excludes halogenated alkanes) is 4. The molecule has 1 saturated heterocycles. The van der Waals surface area contributed by atoms with Crippen LogP contribution in [0.5, 0.6) is 0 Å². The van der Waals surface area contributed by atoms with Crippen LogP contribution in [0, 0.1) is 11.8 Å². The van der Waals surface area contributed by atoms with E-state index in [0.29, 0.717) is 12.2 Å². The topological polar surface area (TPSA) is 12.5 Å². The molecule has 4 atom stereocenters. The van der Waals surface area contributed by atoms with E-state index in [1.165, 1.54) is 103 Å². The van der Waals surface area contributed by atoms with Crippen molar-refractivity contribution in [3.05, 3.63) is 0 Å². The normalized spacial score (nSPS) is 22.1. The fourth-order valence-corrected chi connectivity index (χ4v) is 4.54. The molecule has 0 spiro atoms. The van der Waals surface area contributed by atoms with Crippen molar-refractivity contribution in [2.75, 3.05) is 0 Å². The van der Waals surface area contributed by atoms with Crippen molar-refractivity contribution in [3.63, 3.8) is 0 Å². The van der Waals surface area contributed by atoms with Gasteiger partial charge in [0.05, 0.1) is 12.2 Å². The maximum Gasteiger partial charge on any atom is 0.0842 e. The highest BCUT2D eigenvalue weighted by Crippen LogP contribution is 2.35. The van der Waals surface area contributed by atoms with Crippen molar-refractivity contribution in [1.82, 2.24) is 0 Å². The molecule has 0 N–H and O–H groups in total. The van der Waals surface area contributed by atoms with Gasteiger partial charge < -0.3 is 4.74 Å².